The van der Waals surface area contributed by atoms with Crippen LogP contribution in [0.4, 0.5) is 0 Å². The molecule has 0 aliphatic heterocycles. The van der Waals surface area contributed by atoms with E-state index >= 15 is 0 Å². The molecule has 0 bridgehead atoms. The molecule has 0 aromatic carbocycles. The molecule has 20 heavy (non-hydrogen) atoms. The molecule has 0 spiro atoms. The molecule has 0 saturated heterocycles. The predicted octanol–water partition coefficient (Wildman–Crippen LogP) is 2.09. The van der Waals surface area contributed by atoms with Crippen molar-refractivity contribution in [2.24, 2.45) is 11.8 Å². The molecule has 118 valence electrons. The highest BCUT2D eigenvalue weighted by Crippen LogP contribution is 2.48. The molecule has 0 saturated carbocycles. The second-order valence-electron chi connectivity index (χ2n) is 4.36. The van der Waals surface area contributed by atoms with Gasteiger partial charge in [0.05, 0.1) is 11.8 Å². The van der Waals surface area contributed by atoms with Crippen LogP contribution in [0.5, 0.6) is 0 Å². The first-order valence-corrected chi connectivity index (χ1v) is 7.46. The van der Waals surface area contributed by atoms with Crippen LogP contribution in [0, 0.1) is 11.8 Å². The van der Waals surface area contributed by atoms with Gasteiger partial charge in [-0.25, -0.2) is 13.6 Å². The van der Waals surface area contributed by atoms with Crippen LogP contribution < -0.4 is 0 Å². The molecule has 9 heteroatoms. The number of carbonyl (C=O) groups excluding carboxylic acids is 2. The molecule has 0 fully saturated rings. The monoisotopic (exact) mass is 312 g/mol. The van der Waals surface area contributed by atoms with Crippen LogP contribution in [0.3, 0.4) is 0 Å². The maximum atomic E-state index is 11.8. The summed E-state index contributed by atoms with van der Waals surface area (Å²) in [6.45, 7) is 5.39. The lowest BCUT2D eigenvalue weighted by atomic mass is 10.2. The minimum Gasteiger partial charge on any atom is -0.438 e. The zero-order valence-electron chi connectivity index (χ0n) is 12.3. The van der Waals surface area contributed by atoms with E-state index < -0.39 is 33.3 Å². The third kappa shape index (κ3) is 7.59. The zero-order valence-corrected chi connectivity index (χ0v) is 13.2. The molecule has 0 heterocycles. The van der Waals surface area contributed by atoms with Crippen LogP contribution in [0.2, 0.25) is 0 Å². The molecule has 0 unspecified atom stereocenters. The predicted molar refractivity (Wildman–Crippen MR) is 68.4 cm³/mol. The van der Waals surface area contributed by atoms with Crippen molar-refractivity contribution in [1.82, 2.24) is 0 Å². The van der Waals surface area contributed by atoms with Crippen molar-refractivity contribution in [3.05, 3.63) is 0 Å². The molecule has 0 radical (unpaired) electrons. The largest absolute Gasteiger partial charge is 0.480 e. The molecule has 0 aromatic heterocycles. The third-order valence-electron chi connectivity index (χ3n) is 1.99. The van der Waals surface area contributed by atoms with Gasteiger partial charge >= 0.3 is 19.8 Å². The topological polar surface area (TPSA) is 97.4 Å². The van der Waals surface area contributed by atoms with Crippen LogP contribution in [0.25, 0.3) is 0 Å². The first kappa shape index (κ1) is 19.1. The summed E-state index contributed by atoms with van der Waals surface area (Å²) in [6.07, 6.45) is 0. The Morgan fingerprint density at radius 2 is 1.25 bits per heavy atom. The Labute approximate surface area is 118 Å². The van der Waals surface area contributed by atoms with E-state index in [0.717, 1.165) is 7.11 Å². The van der Waals surface area contributed by atoms with Crippen molar-refractivity contribution in [2.75, 3.05) is 20.7 Å². The average molecular weight is 312 g/mol. The summed E-state index contributed by atoms with van der Waals surface area (Å²) in [5.74, 6) is -1.71. The van der Waals surface area contributed by atoms with Crippen molar-refractivity contribution in [3.63, 3.8) is 0 Å². The Bertz CT molecular complexity index is 335. The fourth-order valence-electron chi connectivity index (χ4n) is 0.774. The van der Waals surface area contributed by atoms with Gasteiger partial charge in [0.2, 0.25) is 13.6 Å². The van der Waals surface area contributed by atoms with Gasteiger partial charge in [0, 0.05) is 7.11 Å². The smallest absolute Gasteiger partial charge is 0.438 e. The molecule has 0 N–H and O–H groups in total. The summed E-state index contributed by atoms with van der Waals surface area (Å²) >= 11 is 0. The highest BCUT2D eigenvalue weighted by molar-refractivity contribution is 7.48. The number of phosphoric ester groups is 1. The van der Waals surface area contributed by atoms with Gasteiger partial charge in [0.15, 0.2) is 0 Å². The van der Waals surface area contributed by atoms with Crippen LogP contribution in [-0.2, 0) is 37.2 Å². The van der Waals surface area contributed by atoms with Gasteiger partial charge in [-0.3, -0.25) is 14.1 Å². The number of ether oxygens (including phenoxy) is 2. The molecular formula is C11H21O8P. The van der Waals surface area contributed by atoms with E-state index in [-0.39, 0.29) is 11.8 Å². The van der Waals surface area contributed by atoms with Crippen molar-refractivity contribution >= 4 is 19.8 Å². The Morgan fingerprint density at radius 1 is 0.900 bits per heavy atom. The number of phosphoric acid groups is 1. The maximum absolute atomic E-state index is 11.8. The molecule has 8 nitrogen and oxygen atoms in total. The van der Waals surface area contributed by atoms with Gasteiger partial charge in [-0.2, -0.15) is 0 Å². The molecule has 0 aliphatic carbocycles. The Kier molecular flexibility index (Phi) is 8.64. The van der Waals surface area contributed by atoms with E-state index in [2.05, 4.69) is 14.0 Å². The van der Waals surface area contributed by atoms with E-state index in [0.29, 0.717) is 0 Å². The summed E-state index contributed by atoms with van der Waals surface area (Å²) in [5.41, 5.74) is 0. The van der Waals surface area contributed by atoms with E-state index in [1.54, 1.807) is 27.7 Å². The summed E-state index contributed by atoms with van der Waals surface area (Å²) in [4.78, 5) is 22.3. The standard InChI is InChI=1S/C11H21O8P/c1-8(2)10(12)16-6-18-20(14,15-5)19-7-17-11(13)9(3)4/h8-9H,6-7H2,1-5H3. The van der Waals surface area contributed by atoms with Crippen molar-refractivity contribution in [3.8, 4) is 0 Å². The van der Waals surface area contributed by atoms with Gasteiger partial charge in [0.1, 0.15) is 0 Å². The number of rotatable bonds is 9. The Morgan fingerprint density at radius 3 is 1.50 bits per heavy atom. The number of carbonyl (C=O) groups is 2. The van der Waals surface area contributed by atoms with Crippen LogP contribution >= 0.6 is 7.82 Å². The summed E-state index contributed by atoms with van der Waals surface area (Å²) in [5, 5.41) is 0. The maximum Gasteiger partial charge on any atom is 0.480 e. The van der Waals surface area contributed by atoms with E-state index in [1.807, 2.05) is 0 Å². The molecular weight excluding hydrogens is 291 g/mol. The Balaban J connectivity index is 4.11. The molecule has 0 aliphatic rings. The minimum absolute atomic E-state index is 0.339. The lowest BCUT2D eigenvalue weighted by Gasteiger charge is -2.16. The van der Waals surface area contributed by atoms with Gasteiger partial charge in [-0.1, -0.05) is 27.7 Å². The number of hydrogen-bond donors (Lipinski definition) is 0. The second-order valence-corrected chi connectivity index (χ2v) is 6.14. The summed E-state index contributed by atoms with van der Waals surface area (Å²) in [7, 11) is -2.84. The molecule has 0 rings (SSSR count). The summed E-state index contributed by atoms with van der Waals surface area (Å²) < 4.78 is 35.2. The first-order chi connectivity index (χ1) is 9.22. The highest BCUT2D eigenvalue weighted by atomic mass is 31.2. The van der Waals surface area contributed by atoms with Gasteiger partial charge in [-0.15, -0.1) is 0 Å². The van der Waals surface area contributed by atoms with Gasteiger partial charge < -0.3 is 9.47 Å². The van der Waals surface area contributed by atoms with Crippen LogP contribution in [0.15, 0.2) is 0 Å². The second kappa shape index (κ2) is 9.07. The van der Waals surface area contributed by atoms with Crippen molar-refractivity contribution in [2.45, 2.75) is 27.7 Å². The fourth-order valence-corrected chi connectivity index (χ4v) is 1.42. The average Bonchev–Trinajstić information content (AvgIpc) is 2.38. The third-order valence-corrected chi connectivity index (χ3v) is 3.28. The molecule has 0 aromatic rings. The van der Waals surface area contributed by atoms with Crippen molar-refractivity contribution in [1.29, 1.82) is 0 Å². The quantitative estimate of drug-likeness (QED) is 0.362. The highest BCUT2D eigenvalue weighted by Gasteiger charge is 2.27. The van der Waals surface area contributed by atoms with E-state index in [9.17, 15) is 14.2 Å². The Hall–Kier alpha value is -0.950. The fraction of sp³-hybridized carbons (Fsp3) is 0.818. The normalized spacial score (nSPS) is 11.8. The van der Waals surface area contributed by atoms with E-state index in [4.69, 9.17) is 9.05 Å². The SMILES string of the molecule is COP(=O)(OCOC(=O)C(C)C)OCOC(=O)C(C)C. The van der Waals surface area contributed by atoms with Crippen LogP contribution in [-0.4, -0.2) is 32.6 Å². The minimum atomic E-state index is -3.93. The van der Waals surface area contributed by atoms with E-state index in [1.165, 1.54) is 0 Å². The molecule has 0 amide bonds. The summed E-state index contributed by atoms with van der Waals surface area (Å²) in [6, 6.07) is 0. The number of hydrogen-bond acceptors (Lipinski definition) is 8. The van der Waals surface area contributed by atoms with Gasteiger partial charge in [-0.05, 0) is 0 Å². The number of esters is 2. The lowest BCUT2D eigenvalue weighted by molar-refractivity contribution is -0.157. The van der Waals surface area contributed by atoms with Crippen molar-refractivity contribution < 1.29 is 37.2 Å². The van der Waals surface area contributed by atoms with Crippen LogP contribution in [0.1, 0.15) is 27.7 Å². The lowest BCUT2D eigenvalue weighted by Crippen LogP contribution is -2.16. The zero-order chi connectivity index (χ0) is 15.8. The molecule has 0 atom stereocenters. The first-order valence-electron chi connectivity index (χ1n) is 6.00. The van der Waals surface area contributed by atoms with Gasteiger partial charge in [0.25, 0.3) is 0 Å².